The van der Waals surface area contributed by atoms with Crippen LogP contribution in [-0.2, 0) is 19.1 Å². The van der Waals surface area contributed by atoms with Crippen molar-refractivity contribution in [2.24, 2.45) is 0 Å². The number of carbonyl (C=O) groups is 2. The van der Waals surface area contributed by atoms with Gasteiger partial charge in [-0.15, -0.1) is 0 Å². The second kappa shape index (κ2) is 6.40. The van der Waals surface area contributed by atoms with Gasteiger partial charge in [-0.1, -0.05) is 6.92 Å². The molecule has 88 valence electrons. The van der Waals surface area contributed by atoms with Crippen LogP contribution < -0.4 is 5.32 Å². The Labute approximate surface area is 90.1 Å². The van der Waals surface area contributed by atoms with Crippen LogP contribution in [0, 0.1) is 0 Å². The minimum atomic E-state index is -0.429. The normalized spacial score (nSPS) is 14.1. The number of rotatable bonds is 6. The lowest BCUT2D eigenvalue weighted by molar-refractivity contribution is -0.144. The van der Waals surface area contributed by atoms with Crippen LogP contribution >= 0.6 is 0 Å². The van der Waals surface area contributed by atoms with E-state index in [1.807, 2.05) is 13.8 Å². The van der Waals surface area contributed by atoms with Crippen molar-refractivity contribution in [3.63, 3.8) is 0 Å². The van der Waals surface area contributed by atoms with Gasteiger partial charge in [0.25, 0.3) is 0 Å². The van der Waals surface area contributed by atoms with Crippen molar-refractivity contribution >= 4 is 11.9 Å². The van der Waals surface area contributed by atoms with Crippen LogP contribution in [0.15, 0.2) is 0 Å². The maximum absolute atomic E-state index is 11.1. The predicted molar refractivity (Wildman–Crippen MR) is 55.3 cm³/mol. The summed E-state index contributed by atoms with van der Waals surface area (Å²) in [4.78, 5) is 22.1. The number of hydrogen-bond acceptors (Lipinski definition) is 5. The lowest BCUT2D eigenvalue weighted by atomic mass is 9.94. The van der Waals surface area contributed by atoms with Crippen LogP contribution in [0.3, 0.4) is 0 Å². The Morgan fingerprint density at radius 3 is 2.13 bits per heavy atom. The van der Waals surface area contributed by atoms with Gasteiger partial charge < -0.3 is 14.8 Å². The topological polar surface area (TPSA) is 64.6 Å². The summed E-state index contributed by atoms with van der Waals surface area (Å²) in [6.07, 6.45) is 0.954. The van der Waals surface area contributed by atoms with Crippen molar-refractivity contribution in [2.45, 2.75) is 32.2 Å². The fraction of sp³-hybridized carbons (Fsp3) is 0.800. The molecule has 0 fully saturated rings. The standard InChI is InChI=1S/C10H19NO4/c1-5-10(2,6-8(12)14-3)11-7-9(13)15-4/h11H,5-7H2,1-4H3. The summed E-state index contributed by atoms with van der Waals surface area (Å²) < 4.78 is 9.09. The van der Waals surface area contributed by atoms with Gasteiger partial charge in [0.1, 0.15) is 0 Å². The first kappa shape index (κ1) is 13.9. The van der Waals surface area contributed by atoms with Gasteiger partial charge in [0.05, 0.1) is 27.2 Å². The third-order valence-corrected chi connectivity index (χ3v) is 2.43. The van der Waals surface area contributed by atoms with Crippen molar-refractivity contribution in [3.05, 3.63) is 0 Å². The lowest BCUT2D eigenvalue weighted by Crippen LogP contribution is -2.46. The van der Waals surface area contributed by atoms with Crippen LogP contribution in [-0.4, -0.2) is 38.2 Å². The zero-order chi connectivity index (χ0) is 11.9. The van der Waals surface area contributed by atoms with Crippen LogP contribution in [0.4, 0.5) is 0 Å². The van der Waals surface area contributed by atoms with E-state index in [1.54, 1.807) is 0 Å². The largest absolute Gasteiger partial charge is 0.469 e. The molecule has 0 saturated heterocycles. The van der Waals surface area contributed by atoms with Crippen molar-refractivity contribution in [1.29, 1.82) is 0 Å². The highest BCUT2D eigenvalue weighted by atomic mass is 16.5. The van der Waals surface area contributed by atoms with Crippen molar-refractivity contribution in [3.8, 4) is 0 Å². The Hall–Kier alpha value is -1.10. The Bertz CT molecular complexity index is 229. The molecule has 15 heavy (non-hydrogen) atoms. The van der Waals surface area contributed by atoms with E-state index < -0.39 is 5.54 Å². The maximum Gasteiger partial charge on any atom is 0.319 e. The van der Waals surface area contributed by atoms with Gasteiger partial charge in [-0.05, 0) is 13.3 Å². The number of carbonyl (C=O) groups excluding carboxylic acids is 2. The van der Waals surface area contributed by atoms with E-state index >= 15 is 0 Å². The third-order valence-electron chi connectivity index (χ3n) is 2.43. The lowest BCUT2D eigenvalue weighted by Gasteiger charge is -2.27. The fourth-order valence-electron chi connectivity index (χ4n) is 1.06. The summed E-state index contributed by atoms with van der Waals surface area (Å²) in [5, 5.41) is 2.99. The monoisotopic (exact) mass is 217 g/mol. The zero-order valence-electron chi connectivity index (χ0n) is 9.75. The number of methoxy groups -OCH3 is 2. The molecule has 0 rings (SSSR count). The van der Waals surface area contributed by atoms with E-state index in [-0.39, 0.29) is 24.9 Å². The zero-order valence-corrected chi connectivity index (χ0v) is 9.75. The number of ether oxygens (including phenoxy) is 2. The molecule has 1 N–H and O–H groups in total. The molecule has 0 aliphatic carbocycles. The Morgan fingerprint density at radius 2 is 1.73 bits per heavy atom. The summed E-state index contributed by atoms with van der Waals surface area (Å²) in [5.74, 6) is -0.642. The summed E-state index contributed by atoms with van der Waals surface area (Å²) >= 11 is 0. The number of nitrogens with one attached hydrogen (secondary N) is 1. The van der Waals surface area contributed by atoms with E-state index in [9.17, 15) is 9.59 Å². The third kappa shape index (κ3) is 5.37. The molecule has 0 heterocycles. The molecule has 0 aliphatic rings. The summed E-state index contributed by atoms with van der Waals surface area (Å²) in [5.41, 5.74) is -0.429. The molecule has 0 radical (unpaired) electrons. The van der Waals surface area contributed by atoms with Gasteiger partial charge in [0.2, 0.25) is 0 Å². The van der Waals surface area contributed by atoms with Crippen LogP contribution in [0.25, 0.3) is 0 Å². The van der Waals surface area contributed by atoms with Crippen molar-refractivity contribution in [1.82, 2.24) is 5.32 Å². The highest BCUT2D eigenvalue weighted by Gasteiger charge is 2.26. The smallest absolute Gasteiger partial charge is 0.319 e. The van der Waals surface area contributed by atoms with Crippen molar-refractivity contribution in [2.75, 3.05) is 20.8 Å². The molecule has 0 bridgehead atoms. The summed E-state index contributed by atoms with van der Waals surface area (Å²) in [6, 6.07) is 0. The van der Waals surface area contributed by atoms with Crippen LogP contribution in [0.2, 0.25) is 0 Å². The average molecular weight is 217 g/mol. The first-order valence-corrected chi connectivity index (χ1v) is 4.86. The summed E-state index contributed by atoms with van der Waals surface area (Å²) in [6.45, 7) is 3.90. The molecule has 5 heteroatoms. The van der Waals surface area contributed by atoms with Crippen LogP contribution in [0.1, 0.15) is 26.7 Å². The van der Waals surface area contributed by atoms with E-state index in [0.29, 0.717) is 0 Å². The highest BCUT2D eigenvalue weighted by Crippen LogP contribution is 2.14. The SMILES string of the molecule is CCC(C)(CC(=O)OC)NCC(=O)OC. The molecule has 1 unspecified atom stereocenters. The molecular weight excluding hydrogens is 198 g/mol. The molecule has 0 saturated carbocycles. The van der Waals surface area contributed by atoms with E-state index in [1.165, 1.54) is 14.2 Å². The van der Waals surface area contributed by atoms with Gasteiger partial charge in [0, 0.05) is 5.54 Å². The Balaban J connectivity index is 4.18. The first-order chi connectivity index (χ1) is 6.97. The molecular formula is C10H19NO4. The highest BCUT2D eigenvalue weighted by molar-refractivity contribution is 5.72. The quantitative estimate of drug-likeness (QED) is 0.656. The van der Waals surface area contributed by atoms with Gasteiger partial charge in [-0.2, -0.15) is 0 Å². The van der Waals surface area contributed by atoms with Crippen molar-refractivity contribution < 1.29 is 19.1 Å². The molecule has 0 spiro atoms. The van der Waals surface area contributed by atoms with Gasteiger partial charge in [0.15, 0.2) is 0 Å². The second-order valence-corrected chi connectivity index (χ2v) is 3.60. The molecule has 0 aliphatic heterocycles. The average Bonchev–Trinajstić information content (AvgIpc) is 2.25. The first-order valence-electron chi connectivity index (χ1n) is 4.86. The molecule has 0 amide bonds. The van der Waals surface area contributed by atoms with E-state index in [0.717, 1.165) is 6.42 Å². The molecule has 0 aromatic carbocycles. The number of hydrogen-bond donors (Lipinski definition) is 1. The van der Waals surface area contributed by atoms with Crippen LogP contribution in [0.5, 0.6) is 0 Å². The molecule has 0 aromatic rings. The molecule has 5 nitrogen and oxygen atoms in total. The minimum Gasteiger partial charge on any atom is -0.469 e. The second-order valence-electron chi connectivity index (χ2n) is 3.60. The van der Waals surface area contributed by atoms with Gasteiger partial charge in [-0.25, -0.2) is 0 Å². The maximum atomic E-state index is 11.1. The molecule has 0 aromatic heterocycles. The van der Waals surface area contributed by atoms with E-state index in [2.05, 4.69) is 14.8 Å². The van der Waals surface area contributed by atoms with Gasteiger partial charge >= 0.3 is 11.9 Å². The molecule has 1 atom stereocenters. The predicted octanol–water partition coefficient (Wildman–Crippen LogP) is 0.481. The summed E-state index contributed by atoms with van der Waals surface area (Å²) in [7, 11) is 2.67. The number of esters is 2. The van der Waals surface area contributed by atoms with Gasteiger partial charge in [-0.3, -0.25) is 9.59 Å². The Kier molecular flexibility index (Phi) is 5.93. The van der Waals surface area contributed by atoms with E-state index in [4.69, 9.17) is 0 Å². The fourth-order valence-corrected chi connectivity index (χ4v) is 1.06. The minimum absolute atomic E-state index is 0.0951. The Morgan fingerprint density at radius 1 is 1.20 bits per heavy atom.